The van der Waals surface area contributed by atoms with Gasteiger partial charge in [0.1, 0.15) is 6.33 Å². The van der Waals surface area contributed by atoms with E-state index in [1.54, 1.807) is 12.4 Å². The lowest BCUT2D eigenvalue weighted by Gasteiger charge is -2.35. The molecule has 0 saturated carbocycles. The fourth-order valence-corrected chi connectivity index (χ4v) is 3.22. The minimum Gasteiger partial charge on any atom is -0.336 e. The number of anilines is 1. The molecule has 2 N–H and O–H groups in total. The SMILES string of the molecule is O=C(Nc1cccc(-c2cncnc2)c1)C1CC(=O)N(C2CNC2)C1. The first-order valence-corrected chi connectivity index (χ1v) is 8.37. The molecular formula is C18H19N5O2. The number of carbonyl (C=O) groups is 2. The van der Waals surface area contributed by atoms with Gasteiger partial charge >= 0.3 is 0 Å². The third-order valence-electron chi connectivity index (χ3n) is 4.75. The molecule has 2 aromatic rings. The Bertz CT molecular complexity index is 791. The van der Waals surface area contributed by atoms with Gasteiger partial charge in [0.05, 0.1) is 12.0 Å². The number of carbonyl (C=O) groups excluding carboxylic acids is 2. The molecule has 2 amide bonds. The van der Waals surface area contributed by atoms with Gasteiger partial charge in [-0.1, -0.05) is 12.1 Å². The molecule has 0 spiro atoms. The van der Waals surface area contributed by atoms with Gasteiger partial charge in [0.2, 0.25) is 11.8 Å². The Labute approximate surface area is 145 Å². The second-order valence-electron chi connectivity index (χ2n) is 6.46. The first kappa shape index (κ1) is 15.7. The lowest BCUT2D eigenvalue weighted by molar-refractivity contribution is -0.130. The molecule has 1 atom stereocenters. The molecule has 0 aliphatic carbocycles. The molecule has 1 unspecified atom stereocenters. The van der Waals surface area contributed by atoms with Crippen LogP contribution in [-0.4, -0.2) is 52.4 Å². The number of aromatic nitrogens is 2. The van der Waals surface area contributed by atoms with Gasteiger partial charge in [0.15, 0.2) is 0 Å². The molecule has 7 heteroatoms. The van der Waals surface area contributed by atoms with Crippen LogP contribution in [0.2, 0.25) is 0 Å². The summed E-state index contributed by atoms with van der Waals surface area (Å²) in [7, 11) is 0. The zero-order valence-corrected chi connectivity index (χ0v) is 13.7. The van der Waals surface area contributed by atoms with E-state index in [0.29, 0.717) is 12.2 Å². The van der Waals surface area contributed by atoms with E-state index in [0.717, 1.165) is 24.2 Å². The molecule has 0 bridgehead atoms. The highest BCUT2D eigenvalue weighted by Crippen LogP contribution is 2.25. The summed E-state index contributed by atoms with van der Waals surface area (Å²) in [5, 5.41) is 6.10. The molecule has 1 aromatic carbocycles. The monoisotopic (exact) mass is 337 g/mol. The number of nitrogens with zero attached hydrogens (tertiary/aromatic N) is 3. The van der Waals surface area contributed by atoms with Gasteiger partial charge in [-0.05, 0) is 17.7 Å². The number of nitrogens with one attached hydrogen (secondary N) is 2. The molecule has 2 fully saturated rings. The van der Waals surface area contributed by atoms with E-state index in [9.17, 15) is 9.59 Å². The summed E-state index contributed by atoms with van der Waals surface area (Å²) in [5.74, 6) is -0.330. The normalized spacial score (nSPS) is 20.4. The first-order chi connectivity index (χ1) is 12.2. The number of benzene rings is 1. The van der Waals surface area contributed by atoms with Crippen molar-refractivity contribution in [2.45, 2.75) is 12.5 Å². The van der Waals surface area contributed by atoms with Crippen molar-refractivity contribution in [1.82, 2.24) is 20.2 Å². The van der Waals surface area contributed by atoms with Crippen LogP contribution in [0, 0.1) is 5.92 Å². The average molecular weight is 337 g/mol. The highest BCUT2D eigenvalue weighted by Gasteiger charge is 2.39. The second-order valence-corrected chi connectivity index (χ2v) is 6.46. The van der Waals surface area contributed by atoms with Crippen LogP contribution >= 0.6 is 0 Å². The van der Waals surface area contributed by atoms with E-state index in [-0.39, 0.29) is 30.2 Å². The minimum atomic E-state index is -0.295. The quantitative estimate of drug-likeness (QED) is 0.866. The number of hydrogen-bond acceptors (Lipinski definition) is 5. The third-order valence-corrected chi connectivity index (χ3v) is 4.75. The van der Waals surface area contributed by atoms with Crippen LogP contribution in [-0.2, 0) is 9.59 Å². The molecule has 2 aliphatic rings. The highest BCUT2D eigenvalue weighted by molar-refractivity contribution is 5.97. The predicted octanol–water partition coefficient (Wildman–Crippen LogP) is 0.902. The Hall–Kier alpha value is -2.80. The Balaban J connectivity index is 1.44. The van der Waals surface area contributed by atoms with Crippen LogP contribution in [0.25, 0.3) is 11.1 Å². The molecule has 1 aromatic heterocycles. The van der Waals surface area contributed by atoms with Crippen LogP contribution < -0.4 is 10.6 Å². The fourth-order valence-electron chi connectivity index (χ4n) is 3.22. The molecular weight excluding hydrogens is 318 g/mol. The molecule has 3 heterocycles. The summed E-state index contributed by atoms with van der Waals surface area (Å²) >= 11 is 0. The molecule has 2 saturated heterocycles. The Morgan fingerprint density at radius 3 is 2.72 bits per heavy atom. The molecule has 4 rings (SSSR count). The number of likely N-dealkylation sites (tertiary alicyclic amines) is 1. The summed E-state index contributed by atoms with van der Waals surface area (Å²) in [6, 6.07) is 7.80. The zero-order valence-electron chi connectivity index (χ0n) is 13.7. The number of hydrogen-bond donors (Lipinski definition) is 2. The van der Waals surface area contributed by atoms with Gasteiger partial charge in [-0.3, -0.25) is 9.59 Å². The van der Waals surface area contributed by atoms with Crippen molar-refractivity contribution in [3.63, 3.8) is 0 Å². The second kappa shape index (κ2) is 6.60. The van der Waals surface area contributed by atoms with Crippen LogP contribution in [0.15, 0.2) is 43.0 Å². The fraction of sp³-hybridized carbons (Fsp3) is 0.333. The zero-order chi connectivity index (χ0) is 17.2. The maximum absolute atomic E-state index is 12.6. The summed E-state index contributed by atoms with van der Waals surface area (Å²) in [6.07, 6.45) is 5.23. The van der Waals surface area contributed by atoms with Crippen molar-refractivity contribution >= 4 is 17.5 Å². The minimum absolute atomic E-state index is 0.0711. The van der Waals surface area contributed by atoms with E-state index in [4.69, 9.17) is 0 Å². The molecule has 25 heavy (non-hydrogen) atoms. The van der Waals surface area contributed by atoms with Gasteiger partial charge < -0.3 is 15.5 Å². The number of amides is 2. The molecule has 0 radical (unpaired) electrons. The van der Waals surface area contributed by atoms with E-state index in [2.05, 4.69) is 20.6 Å². The first-order valence-electron chi connectivity index (χ1n) is 8.37. The Morgan fingerprint density at radius 2 is 2.00 bits per heavy atom. The number of rotatable bonds is 4. The maximum Gasteiger partial charge on any atom is 0.229 e. The standard InChI is InChI=1S/C18H19N5O2/c24-17-5-13(10-23(17)16-8-19-9-16)18(25)22-15-3-1-2-12(4-15)14-6-20-11-21-7-14/h1-4,6-7,11,13,16,19H,5,8-10H2,(H,22,25). The smallest absolute Gasteiger partial charge is 0.229 e. The van der Waals surface area contributed by atoms with Crippen LogP contribution in [0.3, 0.4) is 0 Å². The van der Waals surface area contributed by atoms with Crippen LogP contribution in [0.5, 0.6) is 0 Å². The van der Waals surface area contributed by atoms with Crippen molar-refractivity contribution in [2.24, 2.45) is 5.92 Å². The maximum atomic E-state index is 12.6. The molecule has 128 valence electrons. The van der Waals surface area contributed by atoms with Crippen LogP contribution in [0.1, 0.15) is 6.42 Å². The van der Waals surface area contributed by atoms with Crippen molar-refractivity contribution in [1.29, 1.82) is 0 Å². The molecule has 2 aliphatic heterocycles. The largest absolute Gasteiger partial charge is 0.336 e. The summed E-state index contributed by atoms with van der Waals surface area (Å²) in [5.41, 5.74) is 2.53. The van der Waals surface area contributed by atoms with Crippen molar-refractivity contribution in [2.75, 3.05) is 25.0 Å². The van der Waals surface area contributed by atoms with E-state index >= 15 is 0 Å². The highest BCUT2D eigenvalue weighted by atomic mass is 16.2. The average Bonchev–Trinajstić information content (AvgIpc) is 2.96. The van der Waals surface area contributed by atoms with Crippen molar-refractivity contribution in [3.8, 4) is 11.1 Å². The van der Waals surface area contributed by atoms with Gasteiger partial charge in [-0.2, -0.15) is 0 Å². The van der Waals surface area contributed by atoms with Gasteiger partial charge in [0.25, 0.3) is 0 Å². The summed E-state index contributed by atoms with van der Waals surface area (Å²) in [6.45, 7) is 2.14. The van der Waals surface area contributed by atoms with Gasteiger partial charge in [-0.25, -0.2) is 9.97 Å². The van der Waals surface area contributed by atoms with Gasteiger partial charge in [0, 0.05) is 49.7 Å². The summed E-state index contributed by atoms with van der Waals surface area (Å²) < 4.78 is 0. The Kier molecular flexibility index (Phi) is 4.15. The van der Waals surface area contributed by atoms with Gasteiger partial charge in [-0.15, -0.1) is 0 Å². The Morgan fingerprint density at radius 1 is 1.20 bits per heavy atom. The topological polar surface area (TPSA) is 87.2 Å². The molecule has 7 nitrogen and oxygen atoms in total. The van der Waals surface area contributed by atoms with Crippen molar-refractivity contribution in [3.05, 3.63) is 43.0 Å². The van der Waals surface area contributed by atoms with Crippen LogP contribution in [0.4, 0.5) is 5.69 Å². The predicted molar refractivity (Wildman–Crippen MR) is 92.6 cm³/mol. The summed E-state index contributed by atoms with van der Waals surface area (Å²) in [4.78, 5) is 34.5. The van der Waals surface area contributed by atoms with E-state index < -0.39 is 0 Å². The van der Waals surface area contributed by atoms with E-state index in [1.165, 1.54) is 6.33 Å². The lowest BCUT2D eigenvalue weighted by atomic mass is 10.1. The third kappa shape index (κ3) is 3.23. The van der Waals surface area contributed by atoms with Crippen molar-refractivity contribution < 1.29 is 9.59 Å². The lowest BCUT2D eigenvalue weighted by Crippen LogP contribution is -2.57. The van der Waals surface area contributed by atoms with E-state index in [1.807, 2.05) is 29.2 Å².